The summed E-state index contributed by atoms with van der Waals surface area (Å²) in [5, 5.41) is 20.6. The van der Waals surface area contributed by atoms with E-state index in [1.54, 1.807) is 26.0 Å². The number of rotatable bonds is 4. The molecule has 3 N–H and O–H groups in total. The van der Waals surface area contributed by atoms with Crippen LogP contribution in [0.4, 0.5) is 0 Å². The van der Waals surface area contributed by atoms with Gasteiger partial charge in [-0.15, -0.1) is 0 Å². The van der Waals surface area contributed by atoms with Crippen molar-refractivity contribution in [2.24, 2.45) is 0 Å². The van der Waals surface area contributed by atoms with Crippen molar-refractivity contribution in [1.82, 2.24) is 5.32 Å². The lowest BCUT2D eigenvalue weighted by Crippen LogP contribution is -2.34. The summed E-state index contributed by atoms with van der Waals surface area (Å²) in [6.07, 6.45) is -0.154. The second-order valence-corrected chi connectivity index (χ2v) is 3.99. The minimum Gasteiger partial charge on any atom is -0.507 e. The molecule has 5 nitrogen and oxygen atoms in total. The molecule has 1 atom stereocenters. The van der Waals surface area contributed by atoms with Gasteiger partial charge in [0.15, 0.2) is 0 Å². The van der Waals surface area contributed by atoms with Crippen LogP contribution in [0.25, 0.3) is 0 Å². The van der Waals surface area contributed by atoms with E-state index in [1.807, 2.05) is 0 Å². The highest BCUT2D eigenvalue weighted by atomic mass is 16.4. The third kappa shape index (κ3) is 3.79. The topological polar surface area (TPSA) is 86.6 Å². The van der Waals surface area contributed by atoms with Gasteiger partial charge in [0.1, 0.15) is 5.75 Å². The molecule has 0 aliphatic carbocycles. The maximum Gasteiger partial charge on any atom is 0.305 e. The third-order valence-electron chi connectivity index (χ3n) is 2.25. The molecule has 5 heteroatoms. The monoisotopic (exact) mass is 237 g/mol. The van der Waals surface area contributed by atoms with Crippen LogP contribution >= 0.6 is 0 Å². The fourth-order valence-electron chi connectivity index (χ4n) is 1.45. The van der Waals surface area contributed by atoms with E-state index < -0.39 is 17.9 Å². The molecule has 92 valence electrons. The van der Waals surface area contributed by atoms with Gasteiger partial charge in [-0.05, 0) is 26.0 Å². The maximum absolute atomic E-state index is 11.7. The largest absolute Gasteiger partial charge is 0.507 e. The highest BCUT2D eigenvalue weighted by molar-refractivity contribution is 5.97. The smallest absolute Gasteiger partial charge is 0.305 e. The summed E-state index contributed by atoms with van der Waals surface area (Å²) in [6, 6.07) is 4.19. The molecule has 0 spiro atoms. The van der Waals surface area contributed by atoms with Crippen molar-refractivity contribution in [3.8, 4) is 5.75 Å². The van der Waals surface area contributed by atoms with Crippen molar-refractivity contribution in [3.63, 3.8) is 0 Å². The minimum absolute atomic E-state index is 0.115. The quantitative estimate of drug-likeness (QED) is 0.736. The number of aromatic hydroxyl groups is 1. The van der Waals surface area contributed by atoms with Crippen LogP contribution in [0.3, 0.4) is 0 Å². The van der Waals surface area contributed by atoms with E-state index in [9.17, 15) is 14.7 Å². The number of carboxylic acid groups (broad SMARTS) is 1. The maximum atomic E-state index is 11.7. The van der Waals surface area contributed by atoms with Crippen LogP contribution in [0.15, 0.2) is 18.2 Å². The normalized spacial score (nSPS) is 11.9. The Morgan fingerprint density at radius 2 is 2.06 bits per heavy atom. The predicted octanol–water partition coefficient (Wildman–Crippen LogP) is 1.29. The van der Waals surface area contributed by atoms with E-state index in [0.717, 1.165) is 5.56 Å². The molecule has 0 heterocycles. The summed E-state index contributed by atoms with van der Waals surface area (Å²) in [5.74, 6) is -1.57. The van der Waals surface area contributed by atoms with Crippen molar-refractivity contribution in [2.75, 3.05) is 0 Å². The average molecular weight is 237 g/mol. The van der Waals surface area contributed by atoms with Crippen LogP contribution in [0.2, 0.25) is 0 Å². The molecule has 0 saturated carbocycles. The number of amides is 1. The first-order chi connectivity index (χ1) is 7.90. The van der Waals surface area contributed by atoms with Crippen LogP contribution in [0.1, 0.15) is 29.3 Å². The Kier molecular flexibility index (Phi) is 4.09. The highest BCUT2D eigenvalue weighted by Gasteiger charge is 2.15. The van der Waals surface area contributed by atoms with Crippen molar-refractivity contribution in [1.29, 1.82) is 0 Å². The van der Waals surface area contributed by atoms with E-state index >= 15 is 0 Å². The average Bonchev–Trinajstić information content (AvgIpc) is 2.20. The van der Waals surface area contributed by atoms with Gasteiger partial charge in [0.2, 0.25) is 0 Å². The molecule has 0 saturated heterocycles. The highest BCUT2D eigenvalue weighted by Crippen LogP contribution is 2.18. The summed E-state index contributed by atoms with van der Waals surface area (Å²) in [5.41, 5.74) is 1.00. The fourth-order valence-corrected chi connectivity index (χ4v) is 1.45. The van der Waals surface area contributed by atoms with Crippen LogP contribution < -0.4 is 5.32 Å². The van der Waals surface area contributed by atoms with E-state index in [0.29, 0.717) is 0 Å². The number of hydrogen-bond acceptors (Lipinski definition) is 3. The molecule has 0 fully saturated rings. The van der Waals surface area contributed by atoms with E-state index in [4.69, 9.17) is 5.11 Å². The van der Waals surface area contributed by atoms with Crippen molar-refractivity contribution in [2.45, 2.75) is 26.3 Å². The number of nitrogens with one attached hydrogen (secondary N) is 1. The van der Waals surface area contributed by atoms with Crippen LogP contribution in [-0.2, 0) is 4.79 Å². The molecule has 1 amide bonds. The van der Waals surface area contributed by atoms with Gasteiger partial charge < -0.3 is 15.5 Å². The Morgan fingerprint density at radius 1 is 1.41 bits per heavy atom. The summed E-state index contributed by atoms with van der Waals surface area (Å²) in [4.78, 5) is 22.2. The molecule has 0 bridgehead atoms. The SMILES string of the molecule is Cc1ccc(O)c(C(=O)NC(C)CC(=O)O)c1. The lowest BCUT2D eigenvalue weighted by molar-refractivity contribution is -0.137. The molecule has 1 aromatic carbocycles. The Morgan fingerprint density at radius 3 is 2.65 bits per heavy atom. The summed E-state index contributed by atoms with van der Waals surface area (Å²) in [7, 11) is 0. The Bertz CT molecular complexity index is 442. The first-order valence-electron chi connectivity index (χ1n) is 5.22. The minimum atomic E-state index is -0.980. The fraction of sp³-hybridized carbons (Fsp3) is 0.333. The number of aliphatic carboxylic acids is 1. The molecular formula is C12H15NO4. The Labute approximate surface area is 99.1 Å². The zero-order valence-electron chi connectivity index (χ0n) is 9.73. The van der Waals surface area contributed by atoms with E-state index in [1.165, 1.54) is 6.07 Å². The van der Waals surface area contributed by atoms with Gasteiger partial charge in [-0.2, -0.15) is 0 Å². The lowest BCUT2D eigenvalue weighted by atomic mass is 10.1. The van der Waals surface area contributed by atoms with E-state index in [2.05, 4.69) is 5.32 Å². The number of aryl methyl sites for hydroxylation is 1. The molecule has 1 rings (SSSR count). The lowest BCUT2D eigenvalue weighted by Gasteiger charge is -2.12. The molecular weight excluding hydrogens is 222 g/mol. The van der Waals surface area contributed by atoms with Crippen LogP contribution in [0.5, 0.6) is 5.75 Å². The van der Waals surface area contributed by atoms with Crippen LogP contribution in [0, 0.1) is 6.92 Å². The number of carboxylic acids is 1. The zero-order chi connectivity index (χ0) is 13.0. The first kappa shape index (κ1) is 13.0. The number of hydrogen-bond donors (Lipinski definition) is 3. The van der Waals surface area contributed by atoms with Gasteiger partial charge in [-0.3, -0.25) is 9.59 Å². The number of phenolic OH excluding ortho intramolecular Hbond substituents is 1. The van der Waals surface area contributed by atoms with E-state index in [-0.39, 0.29) is 17.7 Å². The van der Waals surface area contributed by atoms with Crippen molar-refractivity contribution < 1.29 is 19.8 Å². The molecule has 1 aromatic rings. The van der Waals surface area contributed by atoms with Gasteiger partial charge in [0.05, 0.1) is 12.0 Å². The van der Waals surface area contributed by atoms with Crippen molar-refractivity contribution >= 4 is 11.9 Å². The molecule has 0 aliphatic rings. The number of phenols is 1. The van der Waals surface area contributed by atoms with Gasteiger partial charge in [-0.1, -0.05) is 11.6 Å². The number of benzene rings is 1. The number of carbonyl (C=O) groups excluding carboxylic acids is 1. The Balaban J connectivity index is 2.76. The number of carbonyl (C=O) groups is 2. The van der Waals surface area contributed by atoms with Crippen LogP contribution in [-0.4, -0.2) is 28.1 Å². The molecule has 0 aliphatic heterocycles. The molecule has 1 unspecified atom stereocenters. The zero-order valence-corrected chi connectivity index (χ0v) is 9.73. The standard InChI is InChI=1S/C12H15NO4/c1-7-3-4-10(14)9(5-7)12(17)13-8(2)6-11(15)16/h3-5,8,14H,6H2,1-2H3,(H,13,17)(H,15,16). The Hall–Kier alpha value is -2.04. The second-order valence-electron chi connectivity index (χ2n) is 3.99. The van der Waals surface area contributed by atoms with Gasteiger partial charge in [0.25, 0.3) is 5.91 Å². The van der Waals surface area contributed by atoms with Gasteiger partial charge >= 0.3 is 5.97 Å². The molecule has 0 aromatic heterocycles. The predicted molar refractivity (Wildman–Crippen MR) is 62.0 cm³/mol. The van der Waals surface area contributed by atoms with Gasteiger partial charge in [0, 0.05) is 6.04 Å². The van der Waals surface area contributed by atoms with Gasteiger partial charge in [-0.25, -0.2) is 0 Å². The summed E-state index contributed by atoms with van der Waals surface area (Å²) < 4.78 is 0. The van der Waals surface area contributed by atoms with Crippen molar-refractivity contribution in [3.05, 3.63) is 29.3 Å². The first-order valence-corrected chi connectivity index (χ1v) is 5.22. The third-order valence-corrected chi connectivity index (χ3v) is 2.25. The molecule has 0 radical (unpaired) electrons. The summed E-state index contributed by atoms with van der Waals surface area (Å²) in [6.45, 7) is 3.40. The summed E-state index contributed by atoms with van der Waals surface area (Å²) >= 11 is 0. The molecule has 17 heavy (non-hydrogen) atoms. The second kappa shape index (κ2) is 5.34.